The smallest absolute Gasteiger partial charge is 0.227 e. The highest BCUT2D eigenvalue weighted by Gasteiger charge is 2.70. The Hall–Kier alpha value is -1.73. The minimum absolute atomic E-state index is 0.121. The second kappa shape index (κ2) is 7.59. The van der Waals surface area contributed by atoms with Crippen LogP contribution in [0.3, 0.4) is 0 Å². The molecule has 1 aromatic rings. The topological polar surface area (TPSA) is 88.0 Å². The molecular formula is C22H29NO5. The minimum Gasteiger partial charge on any atom is -0.394 e. The SMILES string of the molecule is C[C@]12OC(OCc3ccccc3)C[C@H]1C(=O)N[C@]2(CO)[C@@H](O)[C@@H]1C=CCCC1. The lowest BCUT2D eigenvalue weighted by Crippen LogP contribution is -2.68. The molecule has 0 bridgehead atoms. The molecule has 2 saturated heterocycles. The van der Waals surface area contributed by atoms with Crippen LogP contribution in [0, 0.1) is 11.8 Å². The van der Waals surface area contributed by atoms with Crippen LogP contribution in [0.25, 0.3) is 0 Å². The average molecular weight is 387 g/mol. The maximum Gasteiger partial charge on any atom is 0.227 e. The second-order valence-electron chi connectivity index (χ2n) is 8.33. The fraction of sp³-hybridized carbons (Fsp3) is 0.591. The molecule has 1 aliphatic carbocycles. The molecule has 4 rings (SSSR count). The van der Waals surface area contributed by atoms with Crippen LogP contribution in [-0.2, 0) is 20.9 Å². The van der Waals surface area contributed by atoms with Crippen molar-refractivity contribution in [3.8, 4) is 0 Å². The number of fused-ring (bicyclic) bond motifs is 1. The van der Waals surface area contributed by atoms with Crippen molar-refractivity contribution < 1.29 is 24.5 Å². The van der Waals surface area contributed by atoms with Crippen molar-refractivity contribution in [3.63, 3.8) is 0 Å². The zero-order chi connectivity index (χ0) is 19.8. The van der Waals surface area contributed by atoms with Gasteiger partial charge in [-0.05, 0) is 31.7 Å². The van der Waals surface area contributed by atoms with Gasteiger partial charge in [-0.3, -0.25) is 4.79 Å². The Morgan fingerprint density at radius 3 is 2.82 bits per heavy atom. The molecule has 0 saturated carbocycles. The van der Waals surface area contributed by atoms with E-state index in [4.69, 9.17) is 9.47 Å². The lowest BCUT2D eigenvalue weighted by atomic mass is 9.69. The first-order valence-corrected chi connectivity index (χ1v) is 10.1. The van der Waals surface area contributed by atoms with Crippen molar-refractivity contribution in [1.29, 1.82) is 0 Å². The molecule has 1 amide bonds. The highest BCUT2D eigenvalue weighted by Crippen LogP contribution is 2.51. The van der Waals surface area contributed by atoms with Crippen molar-refractivity contribution >= 4 is 5.91 Å². The normalized spacial score (nSPS) is 38.2. The average Bonchev–Trinajstić information content (AvgIpc) is 3.18. The highest BCUT2D eigenvalue weighted by atomic mass is 16.7. The lowest BCUT2D eigenvalue weighted by Gasteiger charge is -2.46. The molecule has 6 heteroatoms. The van der Waals surface area contributed by atoms with Crippen molar-refractivity contribution in [2.45, 2.75) is 62.7 Å². The highest BCUT2D eigenvalue weighted by molar-refractivity contribution is 5.85. The molecule has 3 aliphatic rings. The number of carbonyl (C=O) groups excluding carboxylic acids is 1. The number of aliphatic hydroxyl groups excluding tert-OH is 2. The summed E-state index contributed by atoms with van der Waals surface area (Å²) in [6.45, 7) is 1.81. The van der Waals surface area contributed by atoms with Crippen LogP contribution in [-0.4, -0.2) is 46.3 Å². The largest absolute Gasteiger partial charge is 0.394 e. The Balaban J connectivity index is 1.54. The van der Waals surface area contributed by atoms with Gasteiger partial charge in [0.25, 0.3) is 0 Å². The van der Waals surface area contributed by atoms with Gasteiger partial charge in [0.15, 0.2) is 6.29 Å². The first kappa shape index (κ1) is 19.6. The van der Waals surface area contributed by atoms with Crippen LogP contribution in [0.15, 0.2) is 42.5 Å². The van der Waals surface area contributed by atoms with Crippen molar-refractivity contribution in [2.75, 3.05) is 6.61 Å². The van der Waals surface area contributed by atoms with E-state index in [-0.39, 0.29) is 18.4 Å². The fourth-order valence-electron chi connectivity index (χ4n) is 5.02. The summed E-state index contributed by atoms with van der Waals surface area (Å²) in [6.07, 6.45) is 5.77. The molecule has 28 heavy (non-hydrogen) atoms. The van der Waals surface area contributed by atoms with E-state index in [0.717, 1.165) is 24.8 Å². The van der Waals surface area contributed by atoms with Gasteiger partial charge in [0, 0.05) is 12.3 Å². The Bertz CT molecular complexity index is 738. The molecule has 1 unspecified atom stereocenters. The van der Waals surface area contributed by atoms with E-state index in [2.05, 4.69) is 11.4 Å². The lowest BCUT2D eigenvalue weighted by molar-refractivity contribution is -0.210. The number of carbonyl (C=O) groups is 1. The third-order valence-corrected chi connectivity index (χ3v) is 6.75. The zero-order valence-corrected chi connectivity index (χ0v) is 16.2. The molecule has 6 atom stereocenters. The summed E-state index contributed by atoms with van der Waals surface area (Å²) in [5.41, 5.74) is -1.25. The van der Waals surface area contributed by atoms with Gasteiger partial charge in [-0.2, -0.15) is 0 Å². The van der Waals surface area contributed by atoms with Crippen LogP contribution >= 0.6 is 0 Å². The van der Waals surface area contributed by atoms with Crippen LogP contribution in [0.4, 0.5) is 0 Å². The van der Waals surface area contributed by atoms with Crippen LogP contribution in [0.5, 0.6) is 0 Å². The number of amides is 1. The minimum atomic E-state index is -1.24. The number of aliphatic hydroxyl groups is 2. The van der Waals surface area contributed by atoms with Gasteiger partial charge in [0.05, 0.1) is 25.2 Å². The van der Waals surface area contributed by atoms with E-state index in [0.29, 0.717) is 13.0 Å². The Morgan fingerprint density at radius 1 is 1.36 bits per heavy atom. The third-order valence-electron chi connectivity index (χ3n) is 6.75. The Morgan fingerprint density at radius 2 is 2.14 bits per heavy atom. The first-order chi connectivity index (χ1) is 13.5. The molecule has 0 spiro atoms. The summed E-state index contributed by atoms with van der Waals surface area (Å²) < 4.78 is 12.2. The van der Waals surface area contributed by atoms with Gasteiger partial charge in [-0.15, -0.1) is 0 Å². The number of allylic oxidation sites excluding steroid dienone is 1. The monoisotopic (exact) mass is 387 g/mol. The summed E-state index contributed by atoms with van der Waals surface area (Å²) in [5, 5.41) is 24.4. The Kier molecular flexibility index (Phi) is 5.31. The molecule has 0 radical (unpaired) electrons. The summed E-state index contributed by atoms with van der Waals surface area (Å²) in [4.78, 5) is 12.8. The van der Waals surface area contributed by atoms with E-state index in [9.17, 15) is 15.0 Å². The number of benzene rings is 1. The number of hydrogen-bond donors (Lipinski definition) is 3. The number of ether oxygens (including phenoxy) is 2. The fourth-order valence-corrected chi connectivity index (χ4v) is 5.02. The molecule has 0 aromatic heterocycles. The summed E-state index contributed by atoms with van der Waals surface area (Å²) in [7, 11) is 0. The van der Waals surface area contributed by atoms with Gasteiger partial charge in [0.2, 0.25) is 5.91 Å². The van der Waals surface area contributed by atoms with E-state index in [1.54, 1.807) is 0 Å². The van der Waals surface area contributed by atoms with E-state index < -0.39 is 29.5 Å². The Labute approximate surface area is 165 Å². The van der Waals surface area contributed by atoms with Crippen LogP contribution in [0.1, 0.15) is 38.2 Å². The van der Waals surface area contributed by atoms with Crippen molar-refractivity contribution in [2.24, 2.45) is 11.8 Å². The van der Waals surface area contributed by atoms with Gasteiger partial charge in [0.1, 0.15) is 11.1 Å². The number of rotatable bonds is 6. The molecule has 152 valence electrons. The van der Waals surface area contributed by atoms with Crippen LogP contribution in [0.2, 0.25) is 0 Å². The van der Waals surface area contributed by atoms with Gasteiger partial charge in [-0.25, -0.2) is 0 Å². The maximum atomic E-state index is 12.8. The first-order valence-electron chi connectivity index (χ1n) is 10.1. The summed E-state index contributed by atoms with van der Waals surface area (Å²) in [6, 6.07) is 9.79. The predicted octanol–water partition coefficient (Wildman–Crippen LogP) is 1.90. The van der Waals surface area contributed by atoms with Crippen LogP contribution < -0.4 is 5.32 Å². The van der Waals surface area contributed by atoms with E-state index in [1.165, 1.54) is 0 Å². The summed E-state index contributed by atoms with van der Waals surface area (Å²) in [5.74, 6) is -0.784. The third kappa shape index (κ3) is 3.08. The van der Waals surface area contributed by atoms with Crippen molar-refractivity contribution in [1.82, 2.24) is 5.32 Å². The second-order valence-corrected chi connectivity index (χ2v) is 8.33. The van der Waals surface area contributed by atoms with Gasteiger partial charge >= 0.3 is 0 Å². The number of nitrogens with one attached hydrogen (secondary N) is 1. The van der Waals surface area contributed by atoms with E-state index >= 15 is 0 Å². The summed E-state index contributed by atoms with van der Waals surface area (Å²) >= 11 is 0. The van der Waals surface area contributed by atoms with E-state index in [1.807, 2.05) is 43.3 Å². The van der Waals surface area contributed by atoms with Crippen molar-refractivity contribution in [3.05, 3.63) is 48.0 Å². The van der Waals surface area contributed by atoms with Gasteiger partial charge in [-0.1, -0.05) is 42.5 Å². The zero-order valence-electron chi connectivity index (χ0n) is 16.2. The molecule has 1 aromatic carbocycles. The molecular weight excluding hydrogens is 358 g/mol. The number of hydrogen-bond acceptors (Lipinski definition) is 5. The maximum absolute atomic E-state index is 12.8. The standard InChI is InChI=1S/C22H29NO5/c1-21-17(12-18(28-21)27-13-15-8-4-2-5-9-15)20(26)23-22(21,14-24)19(25)16-10-6-3-7-11-16/h2,4-6,8-10,16-19,24-25H,3,7,11-14H2,1H3,(H,23,26)/t16-,17+,18?,19+,21+,22-/m1/s1. The quantitative estimate of drug-likeness (QED) is 0.649. The molecule has 2 heterocycles. The molecule has 2 fully saturated rings. The molecule has 2 aliphatic heterocycles. The predicted molar refractivity (Wildman–Crippen MR) is 103 cm³/mol. The van der Waals surface area contributed by atoms with Gasteiger partial charge < -0.3 is 25.0 Å². The molecule has 6 nitrogen and oxygen atoms in total. The molecule has 3 N–H and O–H groups in total.